The Kier molecular flexibility index (Phi) is 9.60. The van der Waals surface area contributed by atoms with Crippen LogP contribution in [0.15, 0.2) is 30.3 Å². The summed E-state index contributed by atoms with van der Waals surface area (Å²) in [5.41, 5.74) is 1.18. The van der Waals surface area contributed by atoms with Gasteiger partial charge in [-0.1, -0.05) is 51.1 Å². The Bertz CT molecular complexity index is 614. The van der Waals surface area contributed by atoms with Crippen molar-refractivity contribution in [1.29, 1.82) is 0 Å². The summed E-state index contributed by atoms with van der Waals surface area (Å²) in [6, 6.07) is 9.91. The molecule has 0 saturated carbocycles. The first kappa shape index (κ1) is 22.4. The van der Waals surface area contributed by atoms with Gasteiger partial charge >= 0.3 is 11.9 Å². The molecule has 6 nitrogen and oxygen atoms in total. The molecule has 0 bridgehead atoms. The molecule has 0 aliphatic rings. The average Bonchev–Trinajstić information content (AvgIpc) is 2.58. The first-order valence-corrected chi connectivity index (χ1v) is 11.0. The molecule has 0 saturated heterocycles. The zero-order valence-electron chi connectivity index (χ0n) is 15.7. The van der Waals surface area contributed by atoms with E-state index in [1.165, 1.54) is 5.56 Å². The van der Waals surface area contributed by atoms with Crippen LogP contribution >= 0.6 is 7.37 Å². The lowest BCUT2D eigenvalue weighted by atomic mass is 10.1. The molecule has 0 spiro atoms. The van der Waals surface area contributed by atoms with Gasteiger partial charge in [-0.25, -0.2) is 0 Å². The van der Waals surface area contributed by atoms with Gasteiger partial charge in [0.15, 0.2) is 0 Å². The van der Waals surface area contributed by atoms with E-state index in [-0.39, 0.29) is 18.5 Å². The minimum Gasteiger partial charge on any atom is -0.481 e. The number of rotatable bonds is 12. The van der Waals surface area contributed by atoms with Crippen molar-refractivity contribution in [1.82, 2.24) is 0 Å². The van der Waals surface area contributed by atoms with Gasteiger partial charge in [0.1, 0.15) is 6.16 Å². The second-order valence-electron chi connectivity index (χ2n) is 6.59. The van der Waals surface area contributed by atoms with E-state index in [1.54, 1.807) is 20.8 Å². The highest BCUT2D eigenvalue weighted by Gasteiger charge is 2.33. The first-order chi connectivity index (χ1) is 12.3. The predicted octanol–water partition coefficient (Wildman–Crippen LogP) is 4.32. The van der Waals surface area contributed by atoms with Crippen LogP contribution in [-0.2, 0) is 29.8 Å². The molecular weight excluding hydrogens is 355 g/mol. The summed E-state index contributed by atoms with van der Waals surface area (Å²) in [6.07, 6.45) is 0.940. The van der Waals surface area contributed by atoms with Crippen LogP contribution in [0, 0.1) is 5.92 Å². The summed E-state index contributed by atoms with van der Waals surface area (Å²) in [7, 11) is -3.45. The predicted molar refractivity (Wildman–Crippen MR) is 100 cm³/mol. The fraction of sp³-hybridized carbons (Fsp3) is 0.579. The van der Waals surface area contributed by atoms with E-state index in [4.69, 9.17) is 14.4 Å². The maximum atomic E-state index is 13.0. The molecule has 0 radical (unpaired) electrons. The minimum absolute atomic E-state index is 0.152. The molecule has 0 aromatic heterocycles. The van der Waals surface area contributed by atoms with Crippen LogP contribution in [0.5, 0.6) is 0 Å². The van der Waals surface area contributed by atoms with Crippen molar-refractivity contribution < 1.29 is 28.5 Å². The fourth-order valence-corrected chi connectivity index (χ4v) is 4.50. The molecule has 1 aromatic rings. The van der Waals surface area contributed by atoms with Gasteiger partial charge in [-0.2, -0.15) is 0 Å². The monoisotopic (exact) mass is 384 g/mol. The van der Waals surface area contributed by atoms with Crippen LogP contribution in [0.1, 0.15) is 45.6 Å². The van der Waals surface area contributed by atoms with Crippen molar-refractivity contribution in [3.63, 3.8) is 0 Å². The van der Waals surface area contributed by atoms with E-state index in [0.29, 0.717) is 6.42 Å². The Balaban J connectivity index is 2.67. The number of hydrogen-bond donors (Lipinski definition) is 1. The Hall–Kier alpha value is -1.65. The number of carbonyl (C=O) groups excluding carboxylic acids is 1. The molecule has 0 aliphatic heterocycles. The van der Waals surface area contributed by atoms with E-state index in [1.807, 2.05) is 30.3 Å². The smallest absolute Gasteiger partial charge is 0.313 e. The van der Waals surface area contributed by atoms with Crippen LogP contribution in [0.4, 0.5) is 0 Å². The largest absolute Gasteiger partial charge is 0.481 e. The number of ether oxygens (including phenoxy) is 1. The second kappa shape index (κ2) is 11.1. The SMILES string of the molecule is CCC(=O)OC(OP(=O)(CCCCc1ccccc1)CC(=O)O)C(C)C. The number of carbonyl (C=O) groups is 2. The molecule has 7 heteroatoms. The Morgan fingerprint density at radius 2 is 1.81 bits per heavy atom. The van der Waals surface area contributed by atoms with Crippen LogP contribution in [0.25, 0.3) is 0 Å². The van der Waals surface area contributed by atoms with E-state index in [0.717, 1.165) is 12.8 Å². The van der Waals surface area contributed by atoms with Crippen molar-refractivity contribution in [2.24, 2.45) is 5.92 Å². The van der Waals surface area contributed by atoms with Crippen molar-refractivity contribution in [3.8, 4) is 0 Å². The topological polar surface area (TPSA) is 89.9 Å². The summed E-state index contributed by atoms with van der Waals surface area (Å²) < 4.78 is 23.8. The third-order valence-electron chi connectivity index (χ3n) is 3.81. The van der Waals surface area contributed by atoms with Gasteiger partial charge in [-0.05, 0) is 24.8 Å². The number of benzene rings is 1. The summed E-state index contributed by atoms with van der Waals surface area (Å²) in [4.78, 5) is 22.7. The van der Waals surface area contributed by atoms with Crippen LogP contribution < -0.4 is 0 Å². The van der Waals surface area contributed by atoms with Crippen LogP contribution in [0.3, 0.4) is 0 Å². The van der Waals surface area contributed by atoms with Crippen molar-refractivity contribution >= 4 is 19.3 Å². The maximum absolute atomic E-state index is 13.0. The molecule has 146 valence electrons. The third-order valence-corrected chi connectivity index (χ3v) is 6.15. The molecular formula is C19H29O6P. The van der Waals surface area contributed by atoms with Gasteiger partial charge in [-0.3, -0.25) is 18.7 Å². The molecule has 2 unspecified atom stereocenters. The number of carboxylic acids is 1. The molecule has 2 atom stereocenters. The number of unbranched alkanes of at least 4 members (excludes halogenated alkanes) is 1. The Labute approximate surface area is 155 Å². The number of hydrogen-bond acceptors (Lipinski definition) is 5. The van der Waals surface area contributed by atoms with Crippen LogP contribution in [-0.4, -0.2) is 35.7 Å². The molecule has 26 heavy (non-hydrogen) atoms. The summed E-state index contributed by atoms with van der Waals surface area (Å²) >= 11 is 0. The lowest BCUT2D eigenvalue weighted by molar-refractivity contribution is -0.169. The minimum atomic E-state index is -3.45. The third kappa shape index (κ3) is 8.63. The van der Waals surface area contributed by atoms with Gasteiger partial charge in [-0.15, -0.1) is 0 Å². The zero-order chi connectivity index (χ0) is 19.6. The molecule has 0 heterocycles. The van der Waals surface area contributed by atoms with E-state index < -0.39 is 31.8 Å². The van der Waals surface area contributed by atoms with E-state index in [2.05, 4.69) is 0 Å². The highest BCUT2D eigenvalue weighted by atomic mass is 31.2. The lowest BCUT2D eigenvalue weighted by Crippen LogP contribution is -2.27. The van der Waals surface area contributed by atoms with Crippen LogP contribution in [0.2, 0.25) is 0 Å². The normalized spacial score (nSPS) is 14.6. The van der Waals surface area contributed by atoms with Crippen molar-refractivity contribution in [2.45, 2.75) is 52.7 Å². The standard InChI is InChI=1S/C19H29O6P/c1-4-18(22)24-19(15(2)3)25-26(23,14-17(20)21)13-9-8-12-16-10-6-5-7-11-16/h5-7,10-11,15,19H,4,8-9,12-14H2,1-3H3,(H,20,21). The lowest BCUT2D eigenvalue weighted by Gasteiger charge is -2.26. The highest BCUT2D eigenvalue weighted by Crippen LogP contribution is 2.49. The summed E-state index contributed by atoms with van der Waals surface area (Å²) in [5, 5.41) is 9.10. The highest BCUT2D eigenvalue weighted by molar-refractivity contribution is 7.59. The second-order valence-corrected chi connectivity index (χ2v) is 9.20. The Morgan fingerprint density at radius 1 is 1.15 bits per heavy atom. The number of carboxylic acid groups (broad SMARTS) is 1. The quantitative estimate of drug-likeness (QED) is 0.250. The van der Waals surface area contributed by atoms with Gasteiger partial charge in [0, 0.05) is 18.5 Å². The molecule has 0 amide bonds. The molecule has 0 fully saturated rings. The molecule has 0 aliphatic carbocycles. The van der Waals surface area contributed by atoms with Gasteiger partial charge < -0.3 is 9.84 Å². The maximum Gasteiger partial charge on any atom is 0.313 e. The number of esters is 1. The number of aryl methyl sites for hydroxylation is 1. The zero-order valence-corrected chi connectivity index (χ0v) is 16.6. The molecule has 1 rings (SSSR count). The first-order valence-electron chi connectivity index (χ1n) is 8.97. The van der Waals surface area contributed by atoms with Gasteiger partial charge in [0.05, 0.1) is 0 Å². The van der Waals surface area contributed by atoms with E-state index in [9.17, 15) is 14.2 Å². The fourth-order valence-electron chi connectivity index (χ4n) is 2.38. The van der Waals surface area contributed by atoms with Gasteiger partial charge in [0.2, 0.25) is 13.7 Å². The Morgan fingerprint density at radius 3 is 2.35 bits per heavy atom. The molecule has 1 N–H and O–H groups in total. The number of aliphatic carboxylic acids is 1. The van der Waals surface area contributed by atoms with Crippen molar-refractivity contribution in [2.75, 3.05) is 12.3 Å². The molecule has 1 aromatic carbocycles. The van der Waals surface area contributed by atoms with Crippen molar-refractivity contribution in [3.05, 3.63) is 35.9 Å². The summed E-state index contributed by atoms with van der Waals surface area (Å²) in [5.74, 6) is -1.87. The van der Waals surface area contributed by atoms with Gasteiger partial charge in [0.25, 0.3) is 0 Å². The summed E-state index contributed by atoms with van der Waals surface area (Å²) in [6.45, 7) is 5.20. The van der Waals surface area contributed by atoms with E-state index >= 15 is 0 Å². The average molecular weight is 384 g/mol.